The molecule has 2 aliphatic heterocycles. The van der Waals surface area contributed by atoms with Crippen molar-refractivity contribution >= 4 is 17.8 Å². The molecule has 1 atom stereocenters. The highest BCUT2D eigenvalue weighted by atomic mass is 19.4. The van der Waals surface area contributed by atoms with Crippen LogP contribution in [-0.4, -0.2) is 42.4 Å². The second-order valence-electron chi connectivity index (χ2n) is 7.45. The number of imide groups is 1. The van der Waals surface area contributed by atoms with Gasteiger partial charge in [0.2, 0.25) is 12.7 Å². The minimum absolute atomic E-state index is 0.0409. The van der Waals surface area contributed by atoms with Crippen molar-refractivity contribution in [2.75, 3.05) is 13.3 Å². The number of hydrogen-bond donors (Lipinski definition) is 2. The van der Waals surface area contributed by atoms with Gasteiger partial charge in [-0.2, -0.15) is 0 Å². The predicted octanol–water partition coefficient (Wildman–Crippen LogP) is 2.40. The zero-order chi connectivity index (χ0) is 23.8. The van der Waals surface area contributed by atoms with Gasteiger partial charge in [-0.1, -0.05) is 24.3 Å². The van der Waals surface area contributed by atoms with Crippen molar-refractivity contribution in [1.82, 2.24) is 15.5 Å². The van der Waals surface area contributed by atoms with Crippen molar-refractivity contribution in [2.24, 2.45) is 0 Å². The monoisotopic (exact) mass is 465 g/mol. The highest BCUT2D eigenvalue weighted by Crippen LogP contribution is 2.37. The van der Waals surface area contributed by atoms with Crippen molar-refractivity contribution in [2.45, 2.75) is 25.4 Å². The second-order valence-corrected chi connectivity index (χ2v) is 7.45. The van der Waals surface area contributed by atoms with Crippen LogP contribution in [0.3, 0.4) is 0 Å². The molecule has 0 spiro atoms. The number of carbonyl (C=O) groups excluding carboxylic acids is 3. The molecular formula is C21H18F3N3O6. The molecule has 1 unspecified atom stereocenters. The lowest BCUT2D eigenvalue weighted by molar-refractivity contribution is -0.274. The molecule has 2 aliphatic rings. The summed E-state index contributed by atoms with van der Waals surface area (Å²) in [5.74, 6) is -0.940. The van der Waals surface area contributed by atoms with Crippen LogP contribution in [0, 0.1) is 0 Å². The number of carbonyl (C=O) groups is 3. The van der Waals surface area contributed by atoms with Gasteiger partial charge in [0.15, 0.2) is 11.5 Å². The van der Waals surface area contributed by atoms with Gasteiger partial charge in [-0.25, -0.2) is 4.79 Å². The molecule has 12 heteroatoms. The van der Waals surface area contributed by atoms with Crippen LogP contribution < -0.4 is 24.8 Å². The molecule has 0 aromatic heterocycles. The van der Waals surface area contributed by atoms with Gasteiger partial charge in [-0.15, -0.1) is 13.2 Å². The van der Waals surface area contributed by atoms with Gasteiger partial charge < -0.3 is 24.8 Å². The van der Waals surface area contributed by atoms with E-state index in [-0.39, 0.29) is 18.9 Å². The third-order valence-corrected chi connectivity index (χ3v) is 5.20. The van der Waals surface area contributed by atoms with Crippen molar-refractivity contribution < 1.29 is 41.8 Å². The fraction of sp³-hybridized carbons (Fsp3) is 0.286. The maximum absolute atomic E-state index is 13.0. The summed E-state index contributed by atoms with van der Waals surface area (Å²) in [5.41, 5.74) is -0.928. The number of benzene rings is 2. The number of fused-ring (bicyclic) bond motifs is 1. The normalized spacial score (nSPS) is 19.5. The van der Waals surface area contributed by atoms with Gasteiger partial charge in [0.25, 0.3) is 5.91 Å². The molecule has 0 saturated carbocycles. The summed E-state index contributed by atoms with van der Waals surface area (Å²) in [6.45, 7) is 0.619. The topological polar surface area (TPSA) is 106 Å². The van der Waals surface area contributed by atoms with Gasteiger partial charge in [0.1, 0.15) is 17.8 Å². The van der Waals surface area contributed by atoms with Crippen molar-refractivity contribution in [3.05, 3.63) is 53.6 Å². The lowest BCUT2D eigenvalue weighted by Gasteiger charge is -2.22. The number of amides is 4. The number of nitrogens with one attached hydrogen (secondary N) is 2. The van der Waals surface area contributed by atoms with Crippen molar-refractivity contribution in [3.63, 3.8) is 0 Å². The van der Waals surface area contributed by atoms with E-state index in [1.807, 2.05) is 0 Å². The lowest BCUT2D eigenvalue weighted by Crippen LogP contribution is -2.43. The molecule has 2 aromatic carbocycles. The maximum atomic E-state index is 13.0. The maximum Gasteiger partial charge on any atom is 0.573 e. The van der Waals surface area contributed by atoms with E-state index in [0.717, 1.165) is 11.0 Å². The highest BCUT2D eigenvalue weighted by Gasteiger charge is 2.49. The Morgan fingerprint density at radius 1 is 1.18 bits per heavy atom. The van der Waals surface area contributed by atoms with Crippen LogP contribution in [0.4, 0.5) is 18.0 Å². The lowest BCUT2D eigenvalue weighted by atomic mass is 9.91. The Hall–Kier alpha value is -3.96. The van der Waals surface area contributed by atoms with Gasteiger partial charge in [-0.3, -0.25) is 14.5 Å². The van der Waals surface area contributed by atoms with E-state index >= 15 is 0 Å². The minimum Gasteiger partial charge on any atom is -0.454 e. The summed E-state index contributed by atoms with van der Waals surface area (Å²) in [5, 5.41) is 4.97. The van der Waals surface area contributed by atoms with Crippen molar-refractivity contribution in [3.8, 4) is 17.2 Å². The van der Waals surface area contributed by atoms with E-state index < -0.39 is 42.0 Å². The first-order chi connectivity index (χ1) is 15.6. The largest absolute Gasteiger partial charge is 0.573 e. The van der Waals surface area contributed by atoms with Crippen LogP contribution >= 0.6 is 0 Å². The molecule has 1 fully saturated rings. The highest BCUT2D eigenvalue weighted by molar-refractivity contribution is 6.09. The fourth-order valence-electron chi connectivity index (χ4n) is 3.51. The van der Waals surface area contributed by atoms with Crippen LogP contribution in [-0.2, 0) is 21.7 Å². The Bertz CT molecular complexity index is 1120. The Morgan fingerprint density at radius 2 is 1.91 bits per heavy atom. The number of alkyl halides is 3. The molecule has 33 heavy (non-hydrogen) atoms. The smallest absolute Gasteiger partial charge is 0.454 e. The first-order valence-corrected chi connectivity index (χ1v) is 9.71. The Labute approximate surface area is 185 Å². The van der Waals surface area contributed by atoms with Crippen LogP contribution in [0.15, 0.2) is 42.5 Å². The Kier molecular flexibility index (Phi) is 5.52. The van der Waals surface area contributed by atoms with E-state index in [4.69, 9.17) is 9.47 Å². The molecule has 2 N–H and O–H groups in total. The third-order valence-electron chi connectivity index (χ3n) is 5.20. The molecule has 1 saturated heterocycles. The first-order valence-electron chi connectivity index (χ1n) is 9.71. The summed E-state index contributed by atoms with van der Waals surface area (Å²) in [6, 6.07) is 9.31. The first kappa shape index (κ1) is 22.2. The van der Waals surface area contributed by atoms with Crippen LogP contribution in [0.25, 0.3) is 0 Å². The average Bonchev–Trinajstić information content (AvgIpc) is 3.30. The van der Waals surface area contributed by atoms with E-state index in [1.54, 1.807) is 18.2 Å². The number of para-hydroxylation sites is 1. The molecule has 4 rings (SSSR count). The van der Waals surface area contributed by atoms with Gasteiger partial charge >= 0.3 is 12.4 Å². The minimum atomic E-state index is -4.89. The van der Waals surface area contributed by atoms with Crippen LogP contribution in [0.2, 0.25) is 0 Å². The van der Waals surface area contributed by atoms with Gasteiger partial charge in [0, 0.05) is 12.1 Å². The SMILES string of the molecule is CC1(c2ccc3c(c2)OCO3)NC(=O)N(CC(=O)NCc2ccccc2OC(F)(F)F)C1=O. The number of ether oxygens (including phenoxy) is 3. The number of rotatable bonds is 6. The molecule has 2 heterocycles. The van der Waals surface area contributed by atoms with Crippen molar-refractivity contribution in [1.29, 1.82) is 0 Å². The van der Waals surface area contributed by atoms with E-state index in [0.29, 0.717) is 17.1 Å². The Morgan fingerprint density at radius 3 is 2.67 bits per heavy atom. The summed E-state index contributed by atoms with van der Waals surface area (Å²) in [7, 11) is 0. The zero-order valence-electron chi connectivity index (χ0n) is 17.2. The quantitative estimate of drug-likeness (QED) is 0.635. The zero-order valence-corrected chi connectivity index (χ0v) is 17.2. The molecule has 9 nitrogen and oxygen atoms in total. The molecule has 4 amide bonds. The number of halogens is 3. The molecule has 0 radical (unpaired) electrons. The fourth-order valence-corrected chi connectivity index (χ4v) is 3.51. The third kappa shape index (κ3) is 4.49. The standard InChI is InChI=1S/C21H18F3N3O6/c1-20(13-6-7-15-16(8-13)32-11-31-15)18(29)27(19(30)26-20)10-17(28)25-9-12-4-2-3-5-14(12)33-21(22,23)24/h2-8H,9-11H2,1H3,(H,25,28)(H,26,30). The van der Waals surface area contributed by atoms with Gasteiger partial charge in [-0.05, 0) is 30.7 Å². The summed E-state index contributed by atoms with van der Waals surface area (Å²) >= 11 is 0. The molecule has 2 aromatic rings. The average molecular weight is 465 g/mol. The summed E-state index contributed by atoms with van der Waals surface area (Å²) in [4.78, 5) is 38.6. The van der Waals surface area contributed by atoms with E-state index in [9.17, 15) is 27.6 Å². The predicted molar refractivity (Wildman–Crippen MR) is 105 cm³/mol. The number of urea groups is 1. The second kappa shape index (κ2) is 8.19. The molecule has 0 aliphatic carbocycles. The van der Waals surface area contributed by atoms with Gasteiger partial charge in [0.05, 0.1) is 0 Å². The molecular weight excluding hydrogens is 447 g/mol. The van der Waals surface area contributed by atoms with E-state index in [1.165, 1.54) is 25.1 Å². The number of hydrogen-bond acceptors (Lipinski definition) is 6. The van der Waals surface area contributed by atoms with E-state index in [2.05, 4.69) is 15.4 Å². The molecule has 174 valence electrons. The van der Waals surface area contributed by atoms with Crippen LogP contribution in [0.1, 0.15) is 18.1 Å². The Balaban J connectivity index is 1.42. The summed E-state index contributed by atoms with van der Waals surface area (Å²) in [6.07, 6.45) is -4.89. The van der Waals surface area contributed by atoms with Crippen LogP contribution in [0.5, 0.6) is 17.2 Å². The number of nitrogens with zero attached hydrogens (tertiary/aromatic N) is 1. The summed E-state index contributed by atoms with van der Waals surface area (Å²) < 4.78 is 52.1. The molecule has 0 bridgehead atoms.